The molecule has 2 amide bonds. The van der Waals surface area contributed by atoms with E-state index in [-0.39, 0.29) is 22.5 Å². The van der Waals surface area contributed by atoms with Crippen molar-refractivity contribution < 1.29 is 9.59 Å². The highest BCUT2D eigenvalue weighted by molar-refractivity contribution is 7.80. The topological polar surface area (TPSA) is 40.6 Å². The van der Waals surface area contributed by atoms with Crippen molar-refractivity contribution >= 4 is 35.2 Å². The van der Waals surface area contributed by atoms with Crippen LogP contribution >= 0.6 is 12.2 Å². The number of likely N-dealkylation sites (N-methyl/N-ethyl adjacent to an activating group) is 2. The minimum atomic E-state index is -0.371. The third kappa shape index (κ3) is 3.08. The molecule has 1 fully saturated rings. The lowest BCUT2D eigenvalue weighted by atomic mass is 10.1. The van der Waals surface area contributed by atoms with Gasteiger partial charge in [0.25, 0.3) is 11.8 Å². The lowest BCUT2D eigenvalue weighted by molar-refractivity contribution is -0.132. The third-order valence-electron chi connectivity index (χ3n) is 3.21. The van der Waals surface area contributed by atoms with E-state index in [1.165, 1.54) is 9.80 Å². The molecule has 1 heterocycles. The lowest BCUT2D eigenvalue weighted by Crippen LogP contribution is -2.52. The van der Waals surface area contributed by atoms with Gasteiger partial charge in [0.2, 0.25) is 0 Å². The molecule has 1 aliphatic heterocycles. The van der Waals surface area contributed by atoms with Gasteiger partial charge in [0.1, 0.15) is 5.57 Å². The predicted octanol–water partition coefficient (Wildman–Crippen LogP) is 2.23. The summed E-state index contributed by atoms with van der Waals surface area (Å²) in [5, 5.41) is 0.215. The maximum Gasteiger partial charge on any atom is 0.265 e. The van der Waals surface area contributed by atoms with E-state index in [4.69, 9.17) is 12.2 Å². The molecule has 0 N–H and O–H groups in total. The van der Waals surface area contributed by atoms with Gasteiger partial charge >= 0.3 is 0 Å². The van der Waals surface area contributed by atoms with Crippen molar-refractivity contribution in [1.82, 2.24) is 9.80 Å². The van der Waals surface area contributed by atoms with E-state index < -0.39 is 0 Å². The number of carbonyl (C=O) groups is 2. The molecule has 1 aromatic carbocycles. The maximum atomic E-state index is 12.2. The number of nitrogens with zero attached hydrogens (tertiary/aromatic N) is 2. The van der Waals surface area contributed by atoms with E-state index in [2.05, 4.69) is 0 Å². The second-order valence-corrected chi connectivity index (χ2v) is 5.23. The van der Waals surface area contributed by atoms with E-state index >= 15 is 0 Å². The summed E-state index contributed by atoms with van der Waals surface area (Å²) in [6, 6.07) is 9.72. The van der Waals surface area contributed by atoms with E-state index in [0.717, 1.165) is 11.1 Å². The number of thiocarbonyl (C=S) groups is 1. The zero-order valence-electron chi connectivity index (χ0n) is 12.2. The summed E-state index contributed by atoms with van der Waals surface area (Å²) in [6.45, 7) is 1.85. The van der Waals surface area contributed by atoms with Crippen LogP contribution in [0.3, 0.4) is 0 Å². The molecule has 0 atom stereocenters. The molecule has 4 nitrogen and oxygen atoms in total. The van der Waals surface area contributed by atoms with Crippen LogP contribution < -0.4 is 0 Å². The number of amides is 2. The summed E-state index contributed by atoms with van der Waals surface area (Å²) in [7, 11) is 3.13. The summed E-state index contributed by atoms with van der Waals surface area (Å²) in [6.07, 6.45) is 3.52. The number of allylic oxidation sites excluding steroid dienone is 2. The van der Waals surface area contributed by atoms with Gasteiger partial charge in [0, 0.05) is 14.1 Å². The monoisotopic (exact) mass is 300 g/mol. The van der Waals surface area contributed by atoms with Gasteiger partial charge < -0.3 is 0 Å². The van der Waals surface area contributed by atoms with Crippen LogP contribution in [0.2, 0.25) is 0 Å². The maximum absolute atomic E-state index is 12.2. The van der Waals surface area contributed by atoms with Gasteiger partial charge in [-0.3, -0.25) is 19.4 Å². The van der Waals surface area contributed by atoms with Crippen molar-refractivity contribution in [3.63, 3.8) is 0 Å². The third-order valence-corrected chi connectivity index (χ3v) is 3.76. The first-order valence-electron chi connectivity index (χ1n) is 6.47. The quantitative estimate of drug-likeness (QED) is 0.478. The molecule has 21 heavy (non-hydrogen) atoms. The van der Waals surface area contributed by atoms with Crippen LogP contribution in [0.25, 0.3) is 6.08 Å². The average molecular weight is 300 g/mol. The predicted molar refractivity (Wildman–Crippen MR) is 86.3 cm³/mol. The second-order valence-electron chi connectivity index (χ2n) is 4.87. The van der Waals surface area contributed by atoms with Gasteiger partial charge in [-0.1, -0.05) is 36.4 Å². The van der Waals surface area contributed by atoms with E-state index in [1.807, 2.05) is 43.3 Å². The van der Waals surface area contributed by atoms with E-state index in [1.54, 1.807) is 20.2 Å². The molecule has 5 heteroatoms. The lowest BCUT2D eigenvalue weighted by Gasteiger charge is -2.31. The van der Waals surface area contributed by atoms with E-state index in [9.17, 15) is 9.59 Å². The number of rotatable bonds is 2. The molecule has 0 radical (unpaired) electrons. The molecule has 1 aromatic rings. The van der Waals surface area contributed by atoms with Crippen LogP contribution in [0.4, 0.5) is 0 Å². The SMILES string of the molecule is C/C(C=C1C(=O)N(C)C(=S)N(C)C1=O)=C\c1ccccc1. The minimum absolute atomic E-state index is 0.123. The molecular weight excluding hydrogens is 284 g/mol. The zero-order valence-corrected chi connectivity index (χ0v) is 13.0. The first kappa shape index (κ1) is 15.1. The highest BCUT2D eigenvalue weighted by Gasteiger charge is 2.35. The second kappa shape index (κ2) is 6.01. The van der Waals surface area contributed by atoms with Crippen molar-refractivity contribution in [2.75, 3.05) is 14.1 Å². The molecule has 0 spiro atoms. The average Bonchev–Trinajstić information content (AvgIpc) is 2.48. The molecule has 0 bridgehead atoms. The van der Waals surface area contributed by atoms with Crippen LogP contribution in [-0.2, 0) is 9.59 Å². The Morgan fingerprint density at radius 1 is 1.05 bits per heavy atom. The van der Waals surface area contributed by atoms with Crippen LogP contribution in [0.1, 0.15) is 12.5 Å². The summed E-state index contributed by atoms with van der Waals surface area (Å²) in [4.78, 5) is 27.0. The Hall–Kier alpha value is -2.27. The Bertz CT molecular complexity index is 636. The van der Waals surface area contributed by atoms with E-state index in [0.29, 0.717) is 0 Å². The fourth-order valence-corrected chi connectivity index (χ4v) is 2.22. The fourth-order valence-electron chi connectivity index (χ4n) is 2.06. The molecule has 0 aliphatic carbocycles. The van der Waals surface area contributed by atoms with Crippen LogP contribution in [-0.4, -0.2) is 40.8 Å². The standard InChI is InChI=1S/C16H16N2O2S/c1-11(9-12-7-5-4-6-8-12)10-13-14(19)17(2)16(21)18(3)15(13)20/h4-10H,1-3H3/b11-9+. The summed E-state index contributed by atoms with van der Waals surface area (Å²) < 4.78 is 0. The smallest absolute Gasteiger partial charge is 0.265 e. The minimum Gasteiger partial charge on any atom is -0.288 e. The Labute approximate surface area is 129 Å². The van der Waals surface area contributed by atoms with Gasteiger partial charge in [0.05, 0.1) is 0 Å². The Morgan fingerprint density at radius 2 is 1.57 bits per heavy atom. The number of hydrogen-bond acceptors (Lipinski definition) is 3. The number of benzene rings is 1. The molecule has 1 saturated heterocycles. The van der Waals surface area contributed by atoms with Gasteiger partial charge in [-0.05, 0) is 36.4 Å². The Kier molecular flexibility index (Phi) is 4.33. The van der Waals surface area contributed by atoms with Crippen molar-refractivity contribution in [1.29, 1.82) is 0 Å². The number of carbonyl (C=O) groups excluding carboxylic acids is 2. The van der Waals surface area contributed by atoms with Crippen molar-refractivity contribution in [3.05, 3.63) is 53.1 Å². The van der Waals surface area contributed by atoms with Gasteiger partial charge in [0.15, 0.2) is 5.11 Å². The summed E-state index contributed by atoms with van der Waals surface area (Å²) in [5.41, 5.74) is 1.96. The first-order valence-corrected chi connectivity index (χ1v) is 6.87. The van der Waals surface area contributed by atoms with Gasteiger partial charge in [-0.15, -0.1) is 0 Å². The summed E-state index contributed by atoms with van der Waals surface area (Å²) >= 11 is 5.05. The molecular formula is C16H16N2O2S. The van der Waals surface area contributed by atoms with Crippen molar-refractivity contribution in [2.45, 2.75) is 6.92 Å². The number of hydrogen-bond donors (Lipinski definition) is 0. The van der Waals surface area contributed by atoms with Gasteiger partial charge in [-0.25, -0.2) is 0 Å². The van der Waals surface area contributed by atoms with Crippen LogP contribution in [0, 0.1) is 0 Å². The highest BCUT2D eigenvalue weighted by atomic mass is 32.1. The van der Waals surface area contributed by atoms with Crippen molar-refractivity contribution in [3.8, 4) is 0 Å². The normalized spacial score (nSPS) is 16.6. The molecule has 0 aromatic heterocycles. The highest BCUT2D eigenvalue weighted by Crippen LogP contribution is 2.17. The van der Waals surface area contributed by atoms with Gasteiger partial charge in [-0.2, -0.15) is 0 Å². The molecule has 1 aliphatic rings. The Morgan fingerprint density at radius 3 is 2.10 bits per heavy atom. The van der Waals surface area contributed by atoms with Crippen LogP contribution in [0.15, 0.2) is 47.6 Å². The first-order chi connectivity index (χ1) is 9.91. The molecule has 108 valence electrons. The fraction of sp³-hybridized carbons (Fsp3) is 0.188. The molecule has 0 unspecified atom stereocenters. The summed E-state index contributed by atoms with van der Waals surface area (Å²) in [5.74, 6) is -0.743. The molecule has 2 rings (SSSR count). The van der Waals surface area contributed by atoms with Crippen molar-refractivity contribution in [2.24, 2.45) is 0 Å². The molecule has 0 saturated carbocycles. The largest absolute Gasteiger partial charge is 0.288 e. The zero-order chi connectivity index (χ0) is 15.6. The van der Waals surface area contributed by atoms with Crippen LogP contribution in [0.5, 0.6) is 0 Å². The Balaban J connectivity index is 2.35.